The van der Waals surface area contributed by atoms with Gasteiger partial charge in [-0.05, 0) is 6.92 Å². The molecule has 0 atom stereocenters. The first-order valence-electron chi connectivity index (χ1n) is 5.97. The van der Waals surface area contributed by atoms with Crippen molar-refractivity contribution in [1.29, 1.82) is 0 Å². The Balaban J connectivity index is 2.53. The number of aromatic nitrogens is 5. The zero-order chi connectivity index (χ0) is 15.6. The summed E-state index contributed by atoms with van der Waals surface area (Å²) in [5, 5.41) is 6.92. The largest absolute Gasteiger partial charge is 0.461 e. The van der Waals surface area contributed by atoms with Gasteiger partial charge < -0.3 is 9.30 Å². The number of ether oxygens (including phenoxy) is 1. The number of halogens is 3. The lowest BCUT2D eigenvalue weighted by Crippen LogP contribution is -2.20. The first-order valence-corrected chi connectivity index (χ1v) is 5.97. The number of hydrogen-bond acceptors (Lipinski definition) is 5. The lowest BCUT2D eigenvalue weighted by molar-refractivity contribution is -0.142. The van der Waals surface area contributed by atoms with Crippen LogP contribution in [0.25, 0.3) is 11.4 Å². The lowest BCUT2D eigenvalue weighted by atomic mass is 10.2. The summed E-state index contributed by atoms with van der Waals surface area (Å²) in [5.74, 6) is -0.831. The minimum Gasteiger partial charge on any atom is -0.461 e. The van der Waals surface area contributed by atoms with Gasteiger partial charge in [-0.15, -0.1) is 5.10 Å². The van der Waals surface area contributed by atoms with Gasteiger partial charge in [-0.3, -0.25) is 0 Å². The first kappa shape index (κ1) is 15.0. The Morgan fingerprint density at radius 2 is 2.14 bits per heavy atom. The molecule has 2 rings (SSSR count). The van der Waals surface area contributed by atoms with Crippen molar-refractivity contribution >= 4 is 5.97 Å². The van der Waals surface area contributed by atoms with Crippen LogP contribution in [-0.4, -0.2) is 43.3 Å². The Morgan fingerprint density at radius 3 is 2.67 bits per heavy atom. The standard InChI is InChI=1S/C11H12F3N5O2/c1-3-21-10(20)8-9(7-4-15-6-18(7)2)19(17-16-8)5-11(12,13)14/h4,6H,3,5H2,1-2H3. The van der Waals surface area contributed by atoms with Crippen molar-refractivity contribution in [2.45, 2.75) is 19.6 Å². The summed E-state index contributed by atoms with van der Waals surface area (Å²) >= 11 is 0. The Bertz CT molecular complexity index is 647. The number of aryl methyl sites for hydroxylation is 1. The molecule has 0 saturated carbocycles. The number of imidazole rings is 1. The van der Waals surface area contributed by atoms with Gasteiger partial charge in [0.2, 0.25) is 0 Å². The van der Waals surface area contributed by atoms with E-state index in [1.165, 1.54) is 17.1 Å². The van der Waals surface area contributed by atoms with Crippen molar-refractivity contribution in [3.05, 3.63) is 18.2 Å². The number of rotatable bonds is 4. The molecule has 0 spiro atoms. The van der Waals surface area contributed by atoms with Gasteiger partial charge in [0.15, 0.2) is 5.69 Å². The van der Waals surface area contributed by atoms with Gasteiger partial charge in [-0.2, -0.15) is 13.2 Å². The van der Waals surface area contributed by atoms with E-state index in [2.05, 4.69) is 15.3 Å². The molecule has 0 aliphatic heterocycles. The van der Waals surface area contributed by atoms with Crippen molar-refractivity contribution in [1.82, 2.24) is 24.5 Å². The van der Waals surface area contributed by atoms with Crippen LogP contribution in [0.3, 0.4) is 0 Å². The monoisotopic (exact) mass is 303 g/mol. The Hall–Kier alpha value is -2.39. The second-order valence-electron chi connectivity index (χ2n) is 4.17. The van der Waals surface area contributed by atoms with E-state index in [1.807, 2.05) is 0 Å². The van der Waals surface area contributed by atoms with Crippen molar-refractivity contribution < 1.29 is 22.7 Å². The minimum atomic E-state index is -4.49. The van der Waals surface area contributed by atoms with Crippen LogP contribution in [0.1, 0.15) is 17.4 Å². The third-order valence-corrected chi connectivity index (χ3v) is 2.59. The van der Waals surface area contributed by atoms with Gasteiger partial charge >= 0.3 is 12.1 Å². The van der Waals surface area contributed by atoms with Crippen LogP contribution in [0.15, 0.2) is 12.5 Å². The van der Waals surface area contributed by atoms with Crippen LogP contribution < -0.4 is 0 Å². The zero-order valence-corrected chi connectivity index (χ0v) is 11.3. The van der Waals surface area contributed by atoms with E-state index in [-0.39, 0.29) is 23.7 Å². The normalized spacial score (nSPS) is 11.7. The fourth-order valence-corrected chi connectivity index (χ4v) is 1.77. The summed E-state index contributed by atoms with van der Waals surface area (Å²) in [4.78, 5) is 15.6. The zero-order valence-electron chi connectivity index (χ0n) is 11.3. The number of esters is 1. The number of hydrogen-bond donors (Lipinski definition) is 0. The Labute approximate surface area is 117 Å². The predicted molar refractivity (Wildman–Crippen MR) is 64.2 cm³/mol. The van der Waals surface area contributed by atoms with Gasteiger partial charge in [0, 0.05) is 7.05 Å². The van der Waals surface area contributed by atoms with Crippen LogP contribution in [0.5, 0.6) is 0 Å². The van der Waals surface area contributed by atoms with E-state index in [0.29, 0.717) is 4.68 Å². The smallest absolute Gasteiger partial charge is 0.408 e. The van der Waals surface area contributed by atoms with Crippen LogP contribution in [-0.2, 0) is 18.3 Å². The molecule has 10 heteroatoms. The molecule has 0 unspecified atom stereocenters. The molecule has 0 amide bonds. The van der Waals surface area contributed by atoms with Gasteiger partial charge in [0.05, 0.1) is 24.8 Å². The maximum absolute atomic E-state index is 12.6. The molecule has 114 valence electrons. The topological polar surface area (TPSA) is 74.8 Å². The van der Waals surface area contributed by atoms with Crippen LogP contribution in [0.4, 0.5) is 13.2 Å². The van der Waals surface area contributed by atoms with E-state index in [9.17, 15) is 18.0 Å². The second-order valence-corrected chi connectivity index (χ2v) is 4.17. The molecule has 0 bridgehead atoms. The molecule has 0 saturated heterocycles. The average Bonchev–Trinajstić information content (AvgIpc) is 2.93. The second kappa shape index (κ2) is 5.54. The SMILES string of the molecule is CCOC(=O)c1nnn(CC(F)(F)F)c1-c1cncn1C. The quantitative estimate of drug-likeness (QED) is 0.799. The summed E-state index contributed by atoms with van der Waals surface area (Å²) in [6.45, 7) is 0.303. The van der Waals surface area contributed by atoms with E-state index in [0.717, 1.165) is 0 Å². The van der Waals surface area contributed by atoms with Gasteiger partial charge in [-0.25, -0.2) is 14.5 Å². The highest BCUT2D eigenvalue weighted by molar-refractivity contribution is 5.93. The number of carbonyl (C=O) groups excluding carboxylic acids is 1. The summed E-state index contributed by atoms with van der Waals surface area (Å²) < 4.78 is 44.6. The summed E-state index contributed by atoms with van der Waals surface area (Å²) in [6.07, 6.45) is -1.77. The molecule has 7 nitrogen and oxygen atoms in total. The lowest BCUT2D eigenvalue weighted by Gasteiger charge is -2.10. The van der Waals surface area contributed by atoms with Gasteiger partial charge in [-0.1, -0.05) is 5.21 Å². The van der Waals surface area contributed by atoms with Crippen molar-refractivity contribution in [2.75, 3.05) is 6.61 Å². The van der Waals surface area contributed by atoms with Crippen molar-refractivity contribution in [2.24, 2.45) is 7.05 Å². The van der Waals surface area contributed by atoms with Crippen LogP contribution in [0, 0.1) is 0 Å². The molecule has 2 heterocycles. The van der Waals surface area contributed by atoms with E-state index >= 15 is 0 Å². The molecule has 0 aliphatic carbocycles. The molecule has 21 heavy (non-hydrogen) atoms. The third-order valence-electron chi connectivity index (χ3n) is 2.59. The maximum Gasteiger partial charge on any atom is 0.408 e. The number of alkyl halides is 3. The Morgan fingerprint density at radius 1 is 1.43 bits per heavy atom. The fourth-order valence-electron chi connectivity index (χ4n) is 1.77. The summed E-state index contributed by atoms with van der Waals surface area (Å²) in [7, 11) is 1.59. The highest BCUT2D eigenvalue weighted by atomic mass is 19.4. The molecule has 0 aliphatic rings. The number of nitrogens with zero attached hydrogens (tertiary/aromatic N) is 5. The summed E-state index contributed by atoms with van der Waals surface area (Å²) in [5.41, 5.74) is -0.0669. The maximum atomic E-state index is 12.6. The molecule has 2 aromatic rings. The minimum absolute atomic E-state index is 0.0780. The summed E-state index contributed by atoms with van der Waals surface area (Å²) in [6, 6.07) is 0. The highest BCUT2D eigenvalue weighted by Gasteiger charge is 2.33. The van der Waals surface area contributed by atoms with Crippen molar-refractivity contribution in [3.8, 4) is 11.4 Å². The molecule has 0 radical (unpaired) electrons. The third kappa shape index (κ3) is 3.20. The molecule has 2 aromatic heterocycles. The van der Waals surface area contributed by atoms with Crippen molar-refractivity contribution in [3.63, 3.8) is 0 Å². The first-order chi connectivity index (χ1) is 9.83. The highest BCUT2D eigenvalue weighted by Crippen LogP contribution is 2.26. The molecular formula is C11H12F3N5O2. The van der Waals surface area contributed by atoms with Crippen LogP contribution in [0.2, 0.25) is 0 Å². The Kier molecular flexibility index (Phi) is 3.96. The van der Waals surface area contributed by atoms with E-state index < -0.39 is 18.7 Å². The molecular weight excluding hydrogens is 291 g/mol. The van der Waals surface area contributed by atoms with E-state index in [4.69, 9.17) is 4.74 Å². The molecule has 0 aromatic carbocycles. The van der Waals surface area contributed by atoms with E-state index in [1.54, 1.807) is 14.0 Å². The average molecular weight is 303 g/mol. The van der Waals surface area contributed by atoms with Gasteiger partial charge in [0.25, 0.3) is 0 Å². The fraction of sp³-hybridized carbons (Fsp3) is 0.455. The predicted octanol–water partition coefficient (Wildman–Crippen LogP) is 1.42. The van der Waals surface area contributed by atoms with Gasteiger partial charge in [0.1, 0.15) is 12.2 Å². The molecule has 0 fully saturated rings. The van der Waals surface area contributed by atoms with Crippen LogP contribution >= 0.6 is 0 Å². The molecule has 0 N–H and O–H groups in total. The number of carbonyl (C=O) groups is 1.